The fourth-order valence-corrected chi connectivity index (χ4v) is 5.79. The summed E-state index contributed by atoms with van der Waals surface area (Å²) < 4.78 is 14.7. The van der Waals surface area contributed by atoms with Crippen LogP contribution in [0, 0.1) is 0 Å². The van der Waals surface area contributed by atoms with E-state index < -0.39 is 11.9 Å². The van der Waals surface area contributed by atoms with Crippen LogP contribution in [0.1, 0.15) is 89.9 Å². The number of pyridine rings is 1. The molecule has 0 aromatic carbocycles. The number of aliphatic carboxylic acids is 2. The molecule has 11 heteroatoms. The number of oxazole rings is 2. The Bertz CT molecular complexity index is 1640. The van der Waals surface area contributed by atoms with Gasteiger partial charge < -0.3 is 33.5 Å². The minimum atomic E-state index is -1.00. The molecular formula is C32H37N4NaO6. The summed E-state index contributed by atoms with van der Waals surface area (Å²) in [5.41, 5.74) is 6.17. The average molecular weight is 597 g/mol. The first-order chi connectivity index (χ1) is 20.4. The minimum absolute atomic E-state index is 0. The van der Waals surface area contributed by atoms with Crippen molar-refractivity contribution in [3.63, 3.8) is 0 Å². The van der Waals surface area contributed by atoms with Gasteiger partial charge in [0.2, 0.25) is 11.1 Å². The SMILES string of the molecule is CCC1=C(c2nc3c(ccc[n+]3CCCCCC(=O)[O-])o2)CCC/C1=c1\nc2c(o1)=CC=CN2CCCCCC(=O)[O-].[Na+]. The number of aryl methyl sites for hydroxylation is 1. The maximum atomic E-state index is 10.7. The molecule has 0 saturated heterocycles. The van der Waals surface area contributed by atoms with Crippen LogP contribution >= 0.6 is 0 Å². The fraction of sp³-hybridized carbons (Fsp3) is 0.469. The Balaban J connectivity index is 0.00000423. The van der Waals surface area contributed by atoms with E-state index in [0.29, 0.717) is 24.3 Å². The number of fused-ring (bicyclic) bond motifs is 2. The number of hydrogen-bond acceptors (Lipinski definition) is 9. The number of nitrogens with zero attached hydrogens (tertiary/aromatic N) is 4. The molecule has 3 aromatic rings. The number of hydrogen-bond donors (Lipinski definition) is 0. The first-order valence-electron chi connectivity index (χ1n) is 15.0. The second-order valence-corrected chi connectivity index (χ2v) is 10.8. The van der Waals surface area contributed by atoms with E-state index in [-0.39, 0.29) is 42.4 Å². The minimum Gasteiger partial charge on any atom is -0.550 e. The molecule has 0 N–H and O–H groups in total. The summed E-state index contributed by atoms with van der Waals surface area (Å²) in [5.74, 6) is -0.604. The van der Waals surface area contributed by atoms with Gasteiger partial charge in [-0.1, -0.05) is 13.3 Å². The van der Waals surface area contributed by atoms with Crippen LogP contribution in [0.3, 0.4) is 0 Å². The van der Waals surface area contributed by atoms with Crippen molar-refractivity contribution >= 4 is 46.2 Å². The summed E-state index contributed by atoms with van der Waals surface area (Å²) in [6.45, 7) is 3.59. The van der Waals surface area contributed by atoms with Crippen LogP contribution in [-0.4, -0.2) is 28.5 Å². The Labute approximate surface area is 272 Å². The Kier molecular flexibility index (Phi) is 11.8. The largest absolute Gasteiger partial charge is 1.00 e. The van der Waals surface area contributed by atoms with Gasteiger partial charge in [-0.05, 0) is 100 Å². The molecule has 10 nitrogen and oxygen atoms in total. The number of anilines is 1. The molecular weight excluding hydrogens is 559 g/mol. The van der Waals surface area contributed by atoms with Crippen molar-refractivity contribution in [1.29, 1.82) is 0 Å². The standard InChI is InChI=1S/C32H38N4O6.Na/c1-2-22-23(31-33-29-25(41-31)14-10-20-35(29)18-7-3-5-16-27(37)38)12-9-13-24(22)32-34-30-26(42-32)15-11-21-36(30)19-8-4-6-17-28(39)40;/h10-11,14-15,20-21H,2-9,12-13,16-19H2,1H3,(H-,37,38,39,40);/q;+1/p-1. The third-order valence-electron chi connectivity index (χ3n) is 7.85. The summed E-state index contributed by atoms with van der Waals surface area (Å²) in [4.78, 5) is 33.3. The van der Waals surface area contributed by atoms with Gasteiger partial charge in [-0.3, -0.25) is 0 Å². The van der Waals surface area contributed by atoms with Gasteiger partial charge in [0, 0.05) is 40.8 Å². The zero-order valence-corrected chi connectivity index (χ0v) is 27.1. The van der Waals surface area contributed by atoms with Gasteiger partial charge in [0.15, 0.2) is 11.2 Å². The van der Waals surface area contributed by atoms with E-state index in [1.165, 1.54) is 0 Å². The molecule has 222 valence electrons. The molecule has 5 rings (SSSR count). The number of allylic oxidation sites excluding steroid dienone is 3. The third kappa shape index (κ3) is 8.04. The molecule has 0 saturated carbocycles. The van der Waals surface area contributed by atoms with E-state index in [1.807, 2.05) is 36.7 Å². The summed E-state index contributed by atoms with van der Waals surface area (Å²) in [6.07, 6.45) is 16.0. The van der Waals surface area contributed by atoms with Gasteiger partial charge >= 0.3 is 41.1 Å². The Morgan fingerprint density at radius 2 is 1.72 bits per heavy atom. The third-order valence-corrected chi connectivity index (χ3v) is 7.85. The zero-order valence-electron chi connectivity index (χ0n) is 25.1. The molecule has 0 unspecified atom stereocenters. The molecule has 0 bridgehead atoms. The van der Waals surface area contributed by atoms with Gasteiger partial charge in [0.25, 0.3) is 0 Å². The second-order valence-electron chi connectivity index (χ2n) is 10.8. The smallest absolute Gasteiger partial charge is 0.550 e. The molecule has 1 aliphatic carbocycles. The average Bonchev–Trinajstić information content (AvgIpc) is 3.61. The van der Waals surface area contributed by atoms with Crippen LogP contribution < -0.4 is 60.2 Å². The number of aromatic nitrogens is 3. The summed E-state index contributed by atoms with van der Waals surface area (Å²) in [6, 6.07) is 3.87. The van der Waals surface area contributed by atoms with Crippen molar-refractivity contribution in [2.75, 3.05) is 11.4 Å². The predicted molar refractivity (Wildman–Crippen MR) is 152 cm³/mol. The number of carboxylic acid groups (broad SMARTS) is 2. The van der Waals surface area contributed by atoms with Crippen molar-refractivity contribution in [1.82, 2.24) is 9.97 Å². The van der Waals surface area contributed by atoms with Gasteiger partial charge in [-0.2, -0.15) is 4.98 Å². The van der Waals surface area contributed by atoms with Crippen molar-refractivity contribution in [2.45, 2.75) is 90.5 Å². The number of unbranched alkanes of at least 4 members (excludes halogenated alkanes) is 4. The van der Waals surface area contributed by atoms with Crippen LogP contribution in [0.15, 0.2) is 45.0 Å². The molecule has 4 heterocycles. The first-order valence-corrected chi connectivity index (χ1v) is 15.0. The van der Waals surface area contributed by atoms with Crippen molar-refractivity contribution in [2.24, 2.45) is 0 Å². The number of carboxylic acids is 2. The van der Waals surface area contributed by atoms with Crippen molar-refractivity contribution in [3.05, 3.63) is 53.0 Å². The van der Waals surface area contributed by atoms with Crippen LogP contribution in [0.5, 0.6) is 0 Å². The van der Waals surface area contributed by atoms with E-state index in [2.05, 4.69) is 16.4 Å². The van der Waals surface area contributed by atoms with Crippen LogP contribution in [-0.2, 0) is 16.1 Å². The molecule has 43 heavy (non-hydrogen) atoms. The normalized spacial score (nSPS) is 15.8. The van der Waals surface area contributed by atoms with Crippen LogP contribution in [0.25, 0.3) is 28.5 Å². The Hall–Kier alpha value is -3.21. The molecule has 0 atom stereocenters. The predicted octanol–water partition coefficient (Wildman–Crippen LogP) is -0.959. The van der Waals surface area contributed by atoms with E-state index in [1.54, 1.807) is 0 Å². The number of carbonyl (C=O) groups is 2. The molecule has 3 aromatic heterocycles. The number of rotatable bonds is 14. The van der Waals surface area contributed by atoms with Gasteiger partial charge in [0.1, 0.15) is 0 Å². The maximum absolute atomic E-state index is 10.7. The van der Waals surface area contributed by atoms with E-state index in [9.17, 15) is 19.8 Å². The molecule has 0 spiro atoms. The summed E-state index contributed by atoms with van der Waals surface area (Å²) >= 11 is 0. The van der Waals surface area contributed by atoms with Gasteiger partial charge in [-0.15, -0.1) is 0 Å². The second kappa shape index (κ2) is 15.5. The molecule has 2 aliphatic rings. The van der Waals surface area contributed by atoms with Crippen LogP contribution in [0.4, 0.5) is 5.82 Å². The monoisotopic (exact) mass is 596 g/mol. The molecule has 0 fully saturated rings. The van der Waals surface area contributed by atoms with Crippen LogP contribution in [0.2, 0.25) is 0 Å². The van der Waals surface area contributed by atoms with Crippen molar-refractivity contribution in [3.8, 4) is 0 Å². The topological polar surface area (TPSA) is 139 Å². The maximum Gasteiger partial charge on any atom is 1.00 e. The van der Waals surface area contributed by atoms with Gasteiger partial charge in [0.05, 0.1) is 12.7 Å². The van der Waals surface area contributed by atoms with E-state index in [4.69, 9.17) is 18.8 Å². The number of carbonyl (C=O) groups excluding carboxylic acids is 2. The van der Waals surface area contributed by atoms with E-state index >= 15 is 0 Å². The quantitative estimate of drug-likeness (QED) is 0.131. The Morgan fingerprint density at radius 1 is 0.977 bits per heavy atom. The Morgan fingerprint density at radius 3 is 2.47 bits per heavy atom. The fourth-order valence-electron chi connectivity index (χ4n) is 5.79. The van der Waals surface area contributed by atoms with Crippen molar-refractivity contribution < 1.29 is 62.8 Å². The zero-order chi connectivity index (χ0) is 29.5. The molecule has 0 amide bonds. The molecule has 0 radical (unpaired) electrons. The van der Waals surface area contributed by atoms with E-state index in [0.717, 1.165) is 104 Å². The summed E-state index contributed by atoms with van der Waals surface area (Å²) in [7, 11) is 0. The summed E-state index contributed by atoms with van der Waals surface area (Å²) in [5, 5.41) is 21.4. The van der Waals surface area contributed by atoms with Gasteiger partial charge in [-0.25, -0.2) is 4.57 Å². The first kappa shape index (κ1) is 32.7. The molecule has 1 aliphatic heterocycles.